The molecule has 17 heavy (non-hydrogen) atoms. The molecule has 0 aromatic carbocycles. The molecule has 3 nitrogen and oxygen atoms in total. The minimum absolute atomic E-state index is 0.126. The van der Waals surface area contributed by atoms with E-state index in [1.807, 2.05) is 0 Å². The Labute approximate surface area is 105 Å². The summed E-state index contributed by atoms with van der Waals surface area (Å²) in [6.45, 7) is 7.20. The third-order valence-electron chi connectivity index (χ3n) is 4.31. The lowest BCUT2D eigenvalue weighted by molar-refractivity contribution is -0.134. The summed E-state index contributed by atoms with van der Waals surface area (Å²) in [5.74, 6) is 1.76. The van der Waals surface area contributed by atoms with Crippen molar-refractivity contribution in [3.8, 4) is 0 Å². The number of fused-ring (bicyclic) bond motifs is 1. The monoisotopic (exact) mass is 238 g/mol. The van der Waals surface area contributed by atoms with E-state index in [9.17, 15) is 4.79 Å². The van der Waals surface area contributed by atoms with Gasteiger partial charge in [0.15, 0.2) is 0 Å². The van der Waals surface area contributed by atoms with Crippen LogP contribution < -0.4 is 5.32 Å². The molecule has 98 valence electrons. The van der Waals surface area contributed by atoms with Gasteiger partial charge in [-0.1, -0.05) is 20.3 Å². The first kappa shape index (κ1) is 12.9. The summed E-state index contributed by atoms with van der Waals surface area (Å²) < 4.78 is 0. The molecule has 1 saturated carbocycles. The molecule has 1 heterocycles. The van der Waals surface area contributed by atoms with Crippen LogP contribution in [0, 0.1) is 11.8 Å². The normalized spacial score (nSPS) is 31.5. The van der Waals surface area contributed by atoms with E-state index in [0.717, 1.165) is 38.4 Å². The molecular weight excluding hydrogens is 212 g/mol. The molecule has 1 N–H and O–H groups in total. The lowest BCUT2D eigenvalue weighted by Gasteiger charge is -2.27. The fourth-order valence-electron chi connectivity index (χ4n) is 3.53. The fourth-order valence-corrected chi connectivity index (χ4v) is 3.53. The van der Waals surface area contributed by atoms with Gasteiger partial charge in [0.25, 0.3) is 0 Å². The summed E-state index contributed by atoms with van der Waals surface area (Å²) in [5.41, 5.74) is 0. The maximum absolute atomic E-state index is 12.5. The maximum Gasteiger partial charge on any atom is 0.240 e. The molecule has 0 aromatic rings. The largest absolute Gasteiger partial charge is 0.341 e. The number of nitrogens with zero attached hydrogens (tertiary/aromatic N) is 1. The quantitative estimate of drug-likeness (QED) is 0.795. The standard InChI is InChI=1S/C14H26N2O/c1-3-8-16(9-4-2)14(17)13-12-7-5-6-11(12)10-15-13/h11-13,15H,3-10H2,1-2H3. The van der Waals surface area contributed by atoms with Crippen molar-refractivity contribution in [3.63, 3.8) is 0 Å². The van der Waals surface area contributed by atoms with Crippen LogP contribution in [0.1, 0.15) is 46.0 Å². The molecule has 0 spiro atoms. The zero-order chi connectivity index (χ0) is 12.3. The van der Waals surface area contributed by atoms with Gasteiger partial charge in [0.05, 0.1) is 6.04 Å². The highest BCUT2D eigenvalue weighted by molar-refractivity contribution is 5.82. The molecule has 0 aromatic heterocycles. The number of nitrogens with one attached hydrogen (secondary N) is 1. The van der Waals surface area contributed by atoms with E-state index in [1.54, 1.807) is 0 Å². The first-order chi connectivity index (χ1) is 8.27. The summed E-state index contributed by atoms with van der Waals surface area (Å²) in [7, 11) is 0. The summed E-state index contributed by atoms with van der Waals surface area (Å²) >= 11 is 0. The van der Waals surface area contributed by atoms with E-state index in [2.05, 4.69) is 24.1 Å². The Bertz CT molecular complexity index is 261. The third-order valence-corrected chi connectivity index (χ3v) is 4.31. The highest BCUT2D eigenvalue weighted by Crippen LogP contribution is 2.38. The summed E-state index contributed by atoms with van der Waals surface area (Å²) in [6.07, 6.45) is 6.02. The molecule has 1 aliphatic carbocycles. The molecule has 2 aliphatic rings. The van der Waals surface area contributed by atoms with Crippen LogP contribution in [-0.4, -0.2) is 36.5 Å². The van der Waals surface area contributed by atoms with Crippen LogP contribution in [0.4, 0.5) is 0 Å². The van der Waals surface area contributed by atoms with Crippen molar-refractivity contribution in [1.82, 2.24) is 10.2 Å². The Kier molecular flexibility index (Phi) is 4.43. The van der Waals surface area contributed by atoms with Gasteiger partial charge < -0.3 is 10.2 Å². The van der Waals surface area contributed by atoms with E-state index in [1.165, 1.54) is 19.3 Å². The van der Waals surface area contributed by atoms with Crippen molar-refractivity contribution in [2.75, 3.05) is 19.6 Å². The molecule has 3 heteroatoms. The predicted octanol–water partition coefficient (Wildman–Crippen LogP) is 2.02. The van der Waals surface area contributed by atoms with Crippen LogP contribution >= 0.6 is 0 Å². The van der Waals surface area contributed by atoms with Gasteiger partial charge in [-0.25, -0.2) is 0 Å². The van der Waals surface area contributed by atoms with Gasteiger partial charge in [0.1, 0.15) is 0 Å². The fraction of sp³-hybridized carbons (Fsp3) is 0.929. The number of rotatable bonds is 5. The molecule has 2 rings (SSSR count). The molecule has 3 unspecified atom stereocenters. The molecule has 1 saturated heterocycles. The van der Waals surface area contributed by atoms with Gasteiger partial charge in [-0.2, -0.15) is 0 Å². The molecule has 0 bridgehead atoms. The van der Waals surface area contributed by atoms with Gasteiger partial charge in [-0.3, -0.25) is 4.79 Å². The molecule has 0 radical (unpaired) electrons. The lowest BCUT2D eigenvalue weighted by Crippen LogP contribution is -2.46. The molecule has 3 atom stereocenters. The van der Waals surface area contributed by atoms with Crippen molar-refractivity contribution in [1.29, 1.82) is 0 Å². The van der Waals surface area contributed by atoms with E-state index >= 15 is 0 Å². The Hall–Kier alpha value is -0.570. The van der Waals surface area contributed by atoms with E-state index in [0.29, 0.717) is 11.8 Å². The Morgan fingerprint density at radius 2 is 1.94 bits per heavy atom. The van der Waals surface area contributed by atoms with Crippen LogP contribution in [0.3, 0.4) is 0 Å². The number of carbonyl (C=O) groups excluding carboxylic acids is 1. The maximum atomic E-state index is 12.5. The van der Waals surface area contributed by atoms with Gasteiger partial charge in [-0.15, -0.1) is 0 Å². The highest BCUT2D eigenvalue weighted by atomic mass is 16.2. The first-order valence-corrected chi connectivity index (χ1v) is 7.30. The van der Waals surface area contributed by atoms with Gasteiger partial charge in [0, 0.05) is 13.1 Å². The van der Waals surface area contributed by atoms with Crippen molar-refractivity contribution in [2.24, 2.45) is 11.8 Å². The number of amides is 1. The molecule has 2 fully saturated rings. The van der Waals surface area contributed by atoms with Crippen LogP contribution in [0.2, 0.25) is 0 Å². The summed E-state index contributed by atoms with van der Waals surface area (Å²) in [5, 5.41) is 3.46. The zero-order valence-corrected chi connectivity index (χ0v) is 11.2. The second-order valence-corrected chi connectivity index (χ2v) is 5.57. The second kappa shape index (κ2) is 5.85. The van der Waals surface area contributed by atoms with E-state index in [4.69, 9.17) is 0 Å². The third kappa shape index (κ3) is 2.65. The van der Waals surface area contributed by atoms with Crippen LogP contribution in [-0.2, 0) is 4.79 Å². The molecule has 1 amide bonds. The SMILES string of the molecule is CCCN(CCC)C(=O)C1NCC2CCCC21. The smallest absolute Gasteiger partial charge is 0.240 e. The van der Waals surface area contributed by atoms with Crippen molar-refractivity contribution >= 4 is 5.91 Å². The van der Waals surface area contributed by atoms with Crippen molar-refractivity contribution < 1.29 is 4.79 Å². The summed E-state index contributed by atoms with van der Waals surface area (Å²) in [4.78, 5) is 14.6. The first-order valence-electron chi connectivity index (χ1n) is 7.30. The van der Waals surface area contributed by atoms with E-state index in [-0.39, 0.29) is 6.04 Å². The average molecular weight is 238 g/mol. The Balaban J connectivity index is 1.97. The van der Waals surface area contributed by atoms with Gasteiger partial charge in [-0.05, 0) is 44.1 Å². The van der Waals surface area contributed by atoms with Crippen molar-refractivity contribution in [3.05, 3.63) is 0 Å². The minimum Gasteiger partial charge on any atom is -0.341 e. The lowest BCUT2D eigenvalue weighted by atomic mass is 9.93. The predicted molar refractivity (Wildman–Crippen MR) is 69.8 cm³/mol. The van der Waals surface area contributed by atoms with Crippen LogP contribution in [0.15, 0.2) is 0 Å². The van der Waals surface area contributed by atoms with Gasteiger partial charge >= 0.3 is 0 Å². The van der Waals surface area contributed by atoms with E-state index < -0.39 is 0 Å². The topological polar surface area (TPSA) is 32.3 Å². The minimum atomic E-state index is 0.126. The number of hydrogen-bond acceptors (Lipinski definition) is 2. The summed E-state index contributed by atoms with van der Waals surface area (Å²) in [6, 6.07) is 0.126. The van der Waals surface area contributed by atoms with Crippen LogP contribution in [0.5, 0.6) is 0 Å². The van der Waals surface area contributed by atoms with Gasteiger partial charge in [0.2, 0.25) is 5.91 Å². The number of carbonyl (C=O) groups is 1. The Morgan fingerprint density at radius 3 is 2.59 bits per heavy atom. The second-order valence-electron chi connectivity index (χ2n) is 5.57. The van der Waals surface area contributed by atoms with Crippen LogP contribution in [0.25, 0.3) is 0 Å². The molecular formula is C14H26N2O. The number of hydrogen-bond donors (Lipinski definition) is 1. The zero-order valence-electron chi connectivity index (χ0n) is 11.2. The molecule has 1 aliphatic heterocycles. The average Bonchev–Trinajstić information content (AvgIpc) is 2.89. The Morgan fingerprint density at radius 1 is 1.24 bits per heavy atom. The van der Waals surface area contributed by atoms with Crippen molar-refractivity contribution in [2.45, 2.75) is 52.0 Å². The highest BCUT2D eigenvalue weighted by Gasteiger charge is 2.43.